The molecule has 0 radical (unpaired) electrons. The Bertz CT molecular complexity index is 359. The molecule has 3 nitrogen and oxygen atoms in total. The van der Waals surface area contributed by atoms with Crippen LogP contribution in [-0.4, -0.2) is 11.9 Å². The Morgan fingerprint density at radius 2 is 1.78 bits per heavy atom. The van der Waals surface area contributed by atoms with Gasteiger partial charge in [-0.1, -0.05) is 26.2 Å². The molecule has 2 N–H and O–H groups in total. The number of nitrogens with one attached hydrogen (secondary N) is 2. The molecule has 1 rings (SSSR count). The van der Waals surface area contributed by atoms with Crippen molar-refractivity contribution in [1.29, 1.82) is 0 Å². The van der Waals surface area contributed by atoms with Gasteiger partial charge in [0.25, 0.3) is 0 Å². The van der Waals surface area contributed by atoms with Crippen molar-refractivity contribution in [3.05, 3.63) is 24.3 Å². The Labute approximate surface area is 110 Å². The van der Waals surface area contributed by atoms with Crippen molar-refractivity contribution >= 4 is 17.3 Å². The van der Waals surface area contributed by atoms with Gasteiger partial charge in [-0.05, 0) is 37.6 Å². The predicted octanol–water partition coefficient (Wildman–Crippen LogP) is 4.03. The van der Waals surface area contributed by atoms with Crippen molar-refractivity contribution < 1.29 is 4.79 Å². The third kappa shape index (κ3) is 5.71. The second kappa shape index (κ2) is 7.75. The highest BCUT2D eigenvalue weighted by molar-refractivity contribution is 5.88. The van der Waals surface area contributed by atoms with Crippen molar-refractivity contribution in [2.45, 2.75) is 52.5 Å². The maximum absolute atomic E-state index is 10.9. The minimum absolute atomic E-state index is 0.0383. The molecule has 0 aliphatic heterocycles. The molecule has 1 aromatic rings. The number of anilines is 2. The van der Waals surface area contributed by atoms with E-state index in [1.165, 1.54) is 32.6 Å². The van der Waals surface area contributed by atoms with Crippen LogP contribution in [0.25, 0.3) is 0 Å². The fourth-order valence-electron chi connectivity index (χ4n) is 1.91. The summed E-state index contributed by atoms with van der Waals surface area (Å²) in [5.74, 6) is -0.0383. The van der Waals surface area contributed by atoms with Crippen LogP contribution < -0.4 is 10.6 Å². The molecule has 3 heteroatoms. The number of hydrogen-bond acceptors (Lipinski definition) is 2. The summed E-state index contributed by atoms with van der Waals surface area (Å²) in [7, 11) is 0. The van der Waals surface area contributed by atoms with E-state index in [4.69, 9.17) is 0 Å². The molecular formula is C15H24N2O. The van der Waals surface area contributed by atoms with Gasteiger partial charge in [0.1, 0.15) is 0 Å². The standard InChI is InChI=1S/C15H24N2O/c1-4-5-6-7-12(2)16-14-8-10-15(11-9-14)17-13(3)18/h8-12,16H,4-7H2,1-3H3,(H,17,18). The summed E-state index contributed by atoms with van der Waals surface area (Å²) in [6.07, 6.45) is 5.03. The molecule has 1 unspecified atom stereocenters. The Balaban J connectivity index is 2.40. The summed E-state index contributed by atoms with van der Waals surface area (Å²) in [4.78, 5) is 10.9. The summed E-state index contributed by atoms with van der Waals surface area (Å²) < 4.78 is 0. The van der Waals surface area contributed by atoms with Gasteiger partial charge in [0.2, 0.25) is 5.91 Å². The zero-order chi connectivity index (χ0) is 13.4. The number of rotatable bonds is 7. The van der Waals surface area contributed by atoms with Crippen LogP contribution in [0.1, 0.15) is 46.5 Å². The molecule has 0 saturated heterocycles. The summed E-state index contributed by atoms with van der Waals surface area (Å²) in [5.41, 5.74) is 1.94. The Kier molecular flexibility index (Phi) is 6.26. The van der Waals surface area contributed by atoms with Gasteiger partial charge in [-0.3, -0.25) is 4.79 Å². The SMILES string of the molecule is CCCCCC(C)Nc1ccc(NC(C)=O)cc1. The van der Waals surface area contributed by atoms with E-state index in [9.17, 15) is 4.79 Å². The molecule has 0 spiro atoms. The van der Waals surface area contributed by atoms with E-state index >= 15 is 0 Å². The Morgan fingerprint density at radius 1 is 1.17 bits per heavy atom. The topological polar surface area (TPSA) is 41.1 Å². The van der Waals surface area contributed by atoms with Gasteiger partial charge < -0.3 is 10.6 Å². The monoisotopic (exact) mass is 248 g/mol. The van der Waals surface area contributed by atoms with Crippen LogP contribution in [0, 0.1) is 0 Å². The van der Waals surface area contributed by atoms with Crippen LogP contribution >= 0.6 is 0 Å². The molecule has 0 fully saturated rings. The van der Waals surface area contributed by atoms with Gasteiger partial charge in [0.15, 0.2) is 0 Å². The average Bonchev–Trinajstić information content (AvgIpc) is 2.31. The third-order valence-electron chi connectivity index (χ3n) is 2.86. The van der Waals surface area contributed by atoms with Crippen molar-refractivity contribution in [3.63, 3.8) is 0 Å². The smallest absolute Gasteiger partial charge is 0.221 e. The first-order valence-corrected chi connectivity index (χ1v) is 6.76. The summed E-state index contributed by atoms with van der Waals surface area (Å²) >= 11 is 0. The number of hydrogen-bond donors (Lipinski definition) is 2. The fourth-order valence-corrected chi connectivity index (χ4v) is 1.91. The van der Waals surface area contributed by atoms with Crippen molar-refractivity contribution in [3.8, 4) is 0 Å². The van der Waals surface area contributed by atoms with Gasteiger partial charge >= 0.3 is 0 Å². The van der Waals surface area contributed by atoms with Crippen LogP contribution in [0.15, 0.2) is 24.3 Å². The third-order valence-corrected chi connectivity index (χ3v) is 2.86. The predicted molar refractivity (Wildman–Crippen MR) is 78.0 cm³/mol. The molecule has 18 heavy (non-hydrogen) atoms. The minimum atomic E-state index is -0.0383. The Morgan fingerprint density at radius 3 is 2.33 bits per heavy atom. The van der Waals surface area contributed by atoms with Gasteiger partial charge in [-0.25, -0.2) is 0 Å². The summed E-state index contributed by atoms with van der Waals surface area (Å²) in [5, 5.41) is 6.23. The molecule has 0 saturated carbocycles. The van der Waals surface area contributed by atoms with E-state index in [-0.39, 0.29) is 5.91 Å². The van der Waals surface area contributed by atoms with E-state index < -0.39 is 0 Å². The zero-order valence-electron chi connectivity index (χ0n) is 11.6. The highest BCUT2D eigenvalue weighted by Crippen LogP contribution is 2.16. The summed E-state index contributed by atoms with van der Waals surface area (Å²) in [6.45, 7) is 5.94. The molecule has 100 valence electrons. The number of benzene rings is 1. The average molecular weight is 248 g/mol. The normalized spacial score (nSPS) is 11.9. The van der Waals surface area contributed by atoms with Gasteiger partial charge in [0, 0.05) is 24.3 Å². The molecular weight excluding hydrogens is 224 g/mol. The second-order valence-electron chi connectivity index (χ2n) is 4.80. The maximum Gasteiger partial charge on any atom is 0.221 e. The van der Waals surface area contributed by atoms with Crippen LogP contribution in [0.5, 0.6) is 0 Å². The highest BCUT2D eigenvalue weighted by atomic mass is 16.1. The van der Waals surface area contributed by atoms with E-state index in [0.717, 1.165) is 11.4 Å². The lowest BCUT2D eigenvalue weighted by Gasteiger charge is -2.15. The lowest BCUT2D eigenvalue weighted by atomic mass is 10.1. The van der Waals surface area contributed by atoms with Crippen LogP contribution in [0.3, 0.4) is 0 Å². The first-order valence-electron chi connectivity index (χ1n) is 6.76. The van der Waals surface area contributed by atoms with Crippen molar-refractivity contribution in [2.24, 2.45) is 0 Å². The van der Waals surface area contributed by atoms with Crippen LogP contribution in [0.4, 0.5) is 11.4 Å². The second-order valence-corrected chi connectivity index (χ2v) is 4.80. The Hall–Kier alpha value is -1.51. The molecule has 0 bridgehead atoms. The lowest BCUT2D eigenvalue weighted by molar-refractivity contribution is -0.114. The molecule has 0 aromatic heterocycles. The van der Waals surface area contributed by atoms with E-state index in [0.29, 0.717) is 6.04 Å². The number of amides is 1. The molecule has 0 heterocycles. The number of carbonyl (C=O) groups excluding carboxylic acids is 1. The minimum Gasteiger partial charge on any atom is -0.383 e. The van der Waals surface area contributed by atoms with Crippen molar-refractivity contribution in [1.82, 2.24) is 0 Å². The largest absolute Gasteiger partial charge is 0.383 e. The van der Waals surface area contributed by atoms with Crippen LogP contribution in [0.2, 0.25) is 0 Å². The quantitative estimate of drug-likeness (QED) is 0.715. The molecule has 1 amide bonds. The molecule has 0 aliphatic carbocycles. The van der Waals surface area contributed by atoms with Crippen molar-refractivity contribution in [2.75, 3.05) is 10.6 Å². The number of unbranched alkanes of at least 4 members (excludes halogenated alkanes) is 2. The first kappa shape index (κ1) is 14.6. The maximum atomic E-state index is 10.9. The van der Waals surface area contributed by atoms with Crippen LogP contribution in [-0.2, 0) is 4.79 Å². The van der Waals surface area contributed by atoms with Gasteiger partial charge in [-0.2, -0.15) is 0 Å². The zero-order valence-corrected chi connectivity index (χ0v) is 11.6. The molecule has 1 aromatic carbocycles. The lowest BCUT2D eigenvalue weighted by Crippen LogP contribution is -2.14. The van der Waals surface area contributed by atoms with E-state index in [2.05, 4.69) is 24.5 Å². The molecule has 0 aliphatic rings. The van der Waals surface area contributed by atoms with E-state index in [1.54, 1.807) is 0 Å². The first-order chi connectivity index (χ1) is 8.61. The number of carbonyl (C=O) groups is 1. The highest BCUT2D eigenvalue weighted by Gasteiger charge is 2.02. The van der Waals surface area contributed by atoms with Gasteiger partial charge in [-0.15, -0.1) is 0 Å². The van der Waals surface area contributed by atoms with Gasteiger partial charge in [0.05, 0.1) is 0 Å². The fraction of sp³-hybridized carbons (Fsp3) is 0.533. The van der Waals surface area contributed by atoms with E-state index in [1.807, 2.05) is 24.3 Å². The molecule has 1 atom stereocenters. The summed E-state index contributed by atoms with van der Waals surface area (Å²) in [6, 6.07) is 8.33.